The Morgan fingerprint density at radius 2 is 1.82 bits per heavy atom. The highest BCUT2D eigenvalue weighted by molar-refractivity contribution is 6.31. The summed E-state index contributed by atoms with van der Waals surface area (Å²) in [5, 5.41) is 0.715. The normalized spacial score (nSPS) is 14.8. The van der Waals surface area contributed by atoms with Gasteiger partial charge in [-0.25, -0.2) is 0 Å². The van der Waals surface area contributed by atoms with Gasteiger partial charge in [0, 0.05) is 11.1 Å². The van der Waals surface area contributed by atoms with Crippen LogP contribution in [-0.2, 0) is 5.41 Å². The van der Waals surface area contributed by atoms with Crippen molar-refractivity contribution >= 4 is 11.6 Å². The molecule has 0 aliphatic carbocycles. The standard InChI is InChI=1S/C13H18ClNO2/c1-13(2,3-4-15)9-7-11-12(8-10(9)14)17-6-5-16-11/h7-8H,3-6,15H2,1-2H3. The molecule has 4 heteroatoms. The molecular weight excluding hydrogens is 238 g/mol. The van der Waals surface area contributed by atoms with E-state index < -0.39 is 0 Å². The van der Waals surface area contributed by atoms with Crippen LogP contribution in [0, 0.1) is 0 Å². The van der Waals surface area contributed by atoms with Crippen molar-refractivity contribution in [2.24, 2.45) is 5.73 Å². The maximum absolute atomic E-state index is 6.31. The van der Waals surface area contributed by atoms with E-state index in [1.807, 2.05) is 12.1 Å². The lowest BCUT2D eigenvalue weighted by Gasteiger charge is -2.28. The van der Waals surface area contributed by atoms with Gasteiger partial charge in [-0.15, -0.1) is 0 Å². The topological polar surface area (TPSA) is 44.5 Å². The molecule has 0 saturated carbocycles. The minimum atomic E-state index is -0.0539. The van der Waals surface area contributed by atoms with Gasteiger partial charge in [-0.1, -0.05) is 25.4 Å². The summed E-state index contributed by atoms with van der Waals surface area (Å²) in [5.74, 6) is 1.51. The second kappa shape index (κ2) is 4.75. The molecule has 1 aliphatic rings. The lowest BCUT2D eigenvalue weighted by molar-refractivity contribution is 0.171. The molecule has 17 heavy (non-hydrogen) atoms. The zero-order chi connectivity index (χ0) is 12.5. The van der Waals surface area contributed by atoms with Gasteiger partial charge < -0.3 is 15.2 Å². The number of ether oxygens (including phenoxy) is 2. The summed E-state index contributed by atoms with van der Waals surface area (Å²) in [6.45, 7) is 6.08. The molecule has 0 amide bonds. The molecule has 2 rings (SSSR count). The molecule has 2 N–H and O–H groups in total. The summed E-state index contributed by atoms with van der Waals surface area (Å²) in [6, 6.07) is 3.82. The molecule has 0 unspecified atom stereocenters. The molecule has 1 aliphatic heterocycles. The fraction of sp³-hybridized carbons (Fsp3) is 0.538. The van der Waals surface area contributed by atoms with Crippen molar-refractivity contribution in [3.8, 4) is 11.5 Å². The van der Waals surface area contributed by atoms with Crippen molar-refractivity contribution in [1.82, 2.24) is 0 Å². The van der Waals surface area contributed by atoms with E-state index in [4.69, 9.17) is 26.8 Å². The first-order chi connectivity index (χ1) is 8.04. The van der Waals surface area contributed by atoms with Crippen LogP contribution in [0.2, 0.25) is 5.02 Å². The minimum absolute atomic E-state index is 0.0539. The fourth-order valence-electron chi connectivity index (χ4n) is 2.08. The Hall–Kier alpha value is -0.930. The smallest absolute Gasteiger partial charge is 0.162 e. The quantitative estimate of drug-likeness (QED) is 0.903. The van der Waals surface area contributed by atoms with Crippen LogP contribution in [0.5, 0.6) is 11.5 Å². The van der Waals surface area contributed by atoms with Gasteiger partial charge in [0.1, 0.15) is 13.2 Å². The van der Waals surface area contributed by atoms with E-state index in [2.05, 4.69) is 13.8 Å². The van der Waals surface area contributed by atoms with Gasteiger partial charge in [-0.3, -0.25) is 0 Å². The number of benzene rings is 1. The molecule has 94 valence electrons. The van der Waals surface area contributed by atoms with Crippen LogP contribution >= 0.6 is 11.6 Å². The van der Waals surface area contributed by atoms with Crippen LogP contribution in [0.1, 0.15) is 25.8 Å². The van der Waals surface area contributed by atoms with Crippen LogP contribution in [0.15, 0.2) is 12.1 Å². The molecule has 1 heterocycles. The molecule has 0 saturated heterocycles. The largest absolute Gasteiger partial charge is 0.486 e. The van der Waals surface area contributed by atoms with E-state index in [0.29, 0.717) is 24.8 Å². The third kappa shape index (κ3) is 2.50. The van der Waals surface area contributed by atoms with Gasteiger partial charge in [0.05, 0.1) is 0 Å². The van der Waals surface area contributed by atoms with Crippen molar-refractivity contribution < 1.29 is 9.47 Å². The third-order valence-corrected chi connectivity index (χ3v) is 3.44. The number of hydrogen-bond acceptors (Lipinski definition) is 3. The summed E-state index contributed by atoms with van der Waals surface area (Å²) in [5.41, 5.74) is 6.65. The predicted molar refractivity (Wildman–Crippen MR) is 69.1 cm³/mol. The zero-order valence-corrected chi connectivity index (χ0v) is 11.0. The lowest BCUT2D eigenvalue weighted by atomic mass is 9.81. The highest BCUT2D eigenvalue weighted by Crippen LogP contribution is 2.41. The summed E-state index contributed by atoms with van der Waals surface area (Å²) >= 11 is 6.31. The third-order valence-electron chi connectivity index (χ3n) is 3.13. The number of fused-ring (bicyclic) bond motifs is 1. The second-order valence-corrected chi connectivity index (χ2v) is 5.31. The van der Waals surface area contributed by atoms with Crippen molar-refractivity contribution in [3.63, 3.8) is 0 Å². The molecule has 3 nitrogen and oxygen atoms in total. The van der Waals surface area contributed by atoms with Crippen LogP contribution in [0.25, 0.3) is 0 Å². The Morgan fingerprint density at radius 3 is 2.41 bits per heavy atom. The number of halogens is 1. The van der Waals surface area contributed by atoms with Gasteiger partial charge in [0.2, 0.25) is 0 Å². The van der Waals surface area contributed by atoms with Crippen molar-refractivity contribution in [2.75, 3.05) is 19.8 Å². The lowest BCUT2D eigenvalue weighted by Crippen LogP contribution is -2.23. The zero-order valence-electron chi connectivity index (χ0n) is 10.3. The van der Waals surface area contributed by atoms with E-state index >= 15 is 0 Å². The van der Waals surface area contributed by atoms with E-state index in [-0.39, 0.29) is 5.41 Å². The van der Waals surface area contributed by atoms with Crippen molar-refractivity contribution in [2.45, 2.75) is 25.7 Å². The van der Waals surface area contributed by atoms with Gasteiger partial charge in [0.25, 0.3) is 0 Å². The van der Waals surface area contributed by atoms with Gasteiger partial charge >= 0.3 is 0 Å². The molecule has 0 bridgehead atoms. The van der Waals surface area contributed by atoms with Crippen LogP contribution in [0.3, 0.4) is 0 Å². The van der Waals surface area contributed by atoms with Crippen LogP contribution < -0.4 is 15.2 Å². The summed E-state index contributed by atoms with van der Waals surface area (Å²) in [4.78, 5) is 0. The first-order valence-corrected chi connectivity index (χ1v) is 6.22. The molecule has 0 aromatic heterocycles. The predicted octanol–water partition coefficient (Wildman–Crippen LogP) is 2.74. The van der Waals surface area contributed by atoms with E-state index in [1.165, 1.54) is 0 Å². The molecule has 0 spiro atoms. The highest BCUT2D eigenvalue weighted by atomic mass is 35.5. The Labute approximate surface area is 107 Å². The number of hydrogen-bond donors (Lipinski definition) is 1. The Balaban J connectivity index is 2.41. The van der Waals surface area contributed by atoms with E-state index in [1.54, 1.807) is 0 Å². The fourth-order valence-corrected chi connectivity index (χ4v) is 2.49. The SMILES string of the molecule is CC(C)(CCN)c1cc2c(cc1Cl)OCCO2. The first kappa shape index (κ1) is 12.5. The number of nitrogens with two attached hydrogens (primary N) is 1. The average molecular weight is 256 g/mol. The summed E-state index contributed by atoms with van der Waals surface area (Å²) in [7, 11) is 0. The highest BCUT2D eigenvalue weighted by Gasteiger charge is 2.25. The van der Waals surface area contributed by atoms with Gasteiger partial charge in [-0.2, -0.15) is 0 Å². The monoisotopic (exact) mass is 255 g/mol. The molecule has 0 atom stereocenters. The Kier molecular flexibility index (Phi) is 3.50. The average Bonchev–Trinajstić information content (AvgIpc) is 2.27. The molecular formula is C13H18ClNO2. The van der Waals surface area contributed by atoms with E-state index in [0.717, 1.165) is 23.5 Å². The maximum Gasteiger partial charge on any atom is 0.162 e. The van der Waals surface area contributed by atoms with Crippen LogP contribution in [-0.4, -0.2) is 19.8 Å². The first-order valence-electron chi connectivity index (χ1n) is 5.84. The Morgan fingerprint density at radius 1 is 1.24 bits per heavy atom. The summed E-state index contributed by atoms with van der Waals surface area (Å²) in [6.07, 6.45) is 0.881. The van der Waals surface area contributed by atoms with Crippen LogP contribution in [0.4, 0.5) is 0 Å². The van der Waals surface area contributed by atoms with Crippen molar-refractivity contribution in [1.29, 1.82) is 0 Å². The maximum atomic E-state index is 6.31. The van der Waals surface area contributed by atoms with Gasteiger partial charge in [0.15, 0.2) is 11.5 Å². The molecule has 1 aromatic carbocycles. The Bertz CT molecular complexity index is 418. The van der Waals surface area contributed by atoms with Crippen molar-refractivity contribution in [3.05, 3.63) is 22.7 Å². The van der Waals surface area contributed by atoms with Gasteiger partial charge in [-0.05, 0) is 30.0 Å². The second-order valence-electron chi connectivity index (χ2n) is 4.90. The summed E-state index contributed by atoms with van der Waals surface area (Å²) < 4.78 is 11.1. The number of rotatable bonds is 3. The minimum Gasteiger partial charge on any atom is -0.486 e. The molecule has 0 fully saturated rings. The molecule has 1 aromatic rings. The molecule has 0 radical (unpaired) electrons. The van der Waals surface area contributed by atoms with E-state index in [9.17, 15) is 0 Å².